The zero-order valence-corrected chi connectivity index (χ0v) is 38.2. The van der Waals surface area contributed by atoms with Crippen LogP contribution in [0.3, 0.4) is 0 Å². The molecule has 0 aliphatic carbocycles. The molecule has 294 valence electrons. The standard InChI is InChI=1S/C51H16B14N4OS/c52-33-29(30-35(54)41(60)45(64)42(61)36(30)55)34(53)38(57)31(37(33)56)50-66-49(67-51(68-50)32-39(58)43(62)46(65)44(63)40(32)59)17-12-13-18-20-8-5-10-25(47(20)70-26(18)16-17)69-23-9-3-1-7-22(23)28-24(69)15-14-21-19-6-2-4-11-27(19)71-48(21)28/h1-16H. The average molecular weight is 884 g/mol. The van der Waals surface area contributed by atoms with Crippen LogP contribution in [0.1, 0.15) is 0 Å². The van der Waals surface area contributed by atoms with Gasteiger partial charge in [-0.25, -0.2) is 15.0 Å². The van der Waals surface area contributed by atoms with Crippen LogP contribution < -0.4 is 76.5 Å². The molecule has 0 aliphatic heterocycles. The molecule has 0 fully saturated rings. The summed E-state index contributed by atoms with van der Waals surface area (Å²) >= 11 is 1.80. The smallest absolute Gasteiger partial charge is 0.164 e. The van der Waals surface area contributed by atoms with E-state index < -0.39 is 0 Å². The van der Waals surface area contributed by atoms with Crippen molar-refractivity contribution in [1.29, 1.82) is 0 Å². The Labute approximate surface area is 430 Å². The van der Waals surface area contributed by atoms with Crippen molar-refractivity contribution in [3.63, 3.8) is 0 Å². The molecule has 0 saturated carbocycles. The second kappa shape index (κ2) is 16.5. The molecule has 5 nitrogen and oxygen atoms in total. The molecule has 0 aliphatic rings. The first-order chi connectivity index (χ1) is 34.1. The van der Waals surface area contributed by atoms with Crippen LogP contribution in [0, 0.1) is 0 Å². The number of benzene rings is 8. The highest BCUT2D eigenvalue weighted by molar-refractivity contribution is 7.26. The minimum Gasteiger partial charge on any atom is -0.454 e. The van der Waals surface area contributed by atoms with E-state index in [0.717, 1.165) is 32.9 Å². The monoisotopic (exact) mass is 886 g/mol. The van der Waals surface area contributed by atoms with E-state index in [1.54, 1.807) is 11.3 Å². The van der Waals surface area contributed by atoms with Gasteiger partial charge in [0.25, 0.3) is 0 Å². The summed E-state index contributed by atoms with van der Waals surface area (Å²) in [4.78, 5) is 14.6. The van der Waals surface area contributed by atoms with Crippen molar-refractivity contribution >= 4 is 262 Å². The predicted molar refractivity (Wildman–Crippen MR) is 312 cm³/mol. The van der Waals surface area contributed by atoms with Crippen LogP contribution in [0.5, 0.6) is 0 Å². The SMILES string of the molecule is [B]c1c([B])c([B])c(-c2nc(-c3ccc4c(c3)oc3c(-n5c6ccccc6c6c7sc8ccccc8c7ccc65)cccc34)nc(-c3c([B])c([B])c(-c4c([B])c([B])c([B])c([B])c4[B])c([B])c3[B])n2)c([B])c1[B]. The van der Waals surface area contributed by atoms with Crippen molar-refractivity contribution in [2.75, 3.05) is 0 Å². The van der Waals surface area contributed by atoms with Crippen LogP contribution >= 0.6 is 11.3 Å². The number of hydrogen-bond donors (Lipinski definition) is 0. The molecule has 12 rings (SSSR count). The van der Waals surface area contributed by atoms with E-state index in [0.29, 0.717) is 16.7 Å². The summed E-state index contributed by atoms with van der Waals surface area (Å²) in [7, 11) is 90.9. The van der Waals surface area contributed by atoms with E-state index in [2.05, 4.69) is 65.2 Å². The topological polar surface area (TPSA) is 56.7 Å². The quantitative estimate of drug-likeness (QED) is 0.174. The second-order valence-electron chi connectivity index (χ2n) is 17.4. The highest BCUT2D eigenvalue weighted by Crippen LogP contribution is 2.44. The summed E-state index contributed by atoms with van der Waals surface area (Å²) in [5.41, 5.74) is 4.26. The lowest BCUT2D eigenvalue weighted by molar-refractivity contribution is 0.666. The first kappa shape index (κ1) is 45.6. The molecule has 4 aromatic heterocycles. The molecule has 0 saturated heterocycles. The Morgan fingerprint density at radius 2 is 0.859 bits per heavy atom. The minimum atomic E-state index is -0.0988. The first-order valence-electron chi connectivity index (χ1n) is 21.9. The van der Waals surface area contributed by atoms with Gasteiger partial charge in [-0.05, 0) is 47.5 Å². The van der Waals surface area contributed by atoms with E-state index in [1.807, 2.05) is 36.4 Å². The third-order valence-electron chi connectivity index (χ3n) is 13.5. The van der Waals surface area contributed by atoms with Gasteiger partial charge in [0.1, 0.15) is 115 Å². The molecule has 0 N–H and O–H groups in total. The highest BCUT2D eigenvalue weighted by atomic mass is 32.1. The van der Waals surface area contributed by atoms with E-state index in [9.17, 15) is 0 Å². The number of para-hydroxylation sites is 2. The largest absolute Gasteiger partial charge is 0.454 e. The number of furan rings is 1. The Morgan fingerprint density at radius 3 is 1.48 bits per heavy atom. The lowest BCUT2D eigenvalue weighted by Crippen LogP contribution is -2.57. The number of hydrogen-bond acceptors (Lipinski definition) is 5. The van der Waals surface area contributed by atoms with Gasteiger partial charge in [-0.1, -0.05) is 104 Å². The van der Waals surface area contributed by atoms with Crippen LogP contribution in [0.15, 0.2) is 101 Å². The fourth-order valence-electron chi connectivity index (χ4n) is 9.87. The number of nitrogens with zero attached hydrogens (tertiary/aromatic N) is 4. The fraction of sp³-hybridized carbons (Fsp3) is 0. The van der Waals surface area contributed by atoms with E-state index >= 15 is 0 Å². The summed E-state index contributed by atoms with van der Waals surface area (Å²) in [6.45, 7) is 0. The second-order valence-corrected chi connectivity index (χ2v) is 18.4. The number of aromatic nitrogens is 4. The molecular weight excluding hydrogens is 868 g/mol. The number of fused-ring (bicyclic) bond motifs is 10. The minimum absolute atomic E-state index is 0.00523. The molecule has 0 atom stereocenters. The first-order valence-corrected chi connectivity index (χ1v) is 22.7. The predicted octanol–water partition coefficient (Wildman–Crippen LogP) is -2.98. The van der Waals surface area contributed by atoms with Crippen molar-refractivity contribution < 1.29 is 4.42 Å². The average Bonchev–Trinajstić information content (AvgIpc) is 4.06. The summed E-state index contributed by atoms with van der Waals surface area (Å²) in [5, 5.41) is 6.48. The molecule has 8 aromatic carbocycles. The molecule has 12 aromatic rings. The number of thiophene rings is 1. The molecule has 28 radical (unpaired) electrons. The van der Waals surface area contributed by atoms with Gasteiger partial charge in [-0.15, -0.1) is 44.1 Å². The summed E-state index contributed by atoms with van der Waals surface area (Å²) in [6.07, 6.45) is 0. The van der Waals surface area contributed by atoms with Gasteiger partial charge in [0.2, 0.25) is 0 Å². The molecule has 0 amide bonds. The van der Waals surface area contributed by atoms with Crippen LogP contribution in [-0.4, -0.2) is 129 Å². The normalized spacial score (nSPS) is 11.9. The van der Waals surface area contributed by atoms with Gasteiger partial charge < -0.3 is 8.98 Å². The maximum atomic E-state index is 6.89. The van der Waals surface area contributed by atoms with Gasteiger partial charge in [0.15, 0.2) is 23.1 Å². The van der Waals surface area contributed by atoms with E-state index in [4.69, 9.17) is 129 Å². The molecule has 0 spiro atoms. The van der Waals surface area contributed by atoms with Crippen molar-refractivity contribution in [3.8, 4) is 51.0 Å². The Kier molecular flexibility index (Phi) is 10.6. The van der Waals surface area contributed by atoms with Gasteiger partial charge in [-0.3, -0.25) is 0 Å². The van der Waals surface area contributed by atoms with Crippen LogP contribution in [0.25, 0.3) is 115 Å². The highest BCUT2D eigenvalue weighted by Gasteiger charge is 2.26. The van der Waals surface area contributed by atoms with Crippen LogP contribution in [-0.2, 0) is 0 Å². The molecular formula is C51H16B14N4OS. The molecule has 4 heterocycles. The third kappa shape index (κ3) is 6.55. The van der Waals surface area contributed by atoms with E-state index in [1.165, 1.54) is 25.6 Å². The maximum absolute atomic E-state index is 6.89. The Bertz CT molecular complexity index is 4290. The summed E-state index contributed by atoms with van der Waals surface area (Å²) in [5.74, 6) is -0.0270. The Hall–Kier alpha value is -6.50. The Morgan fingerprint density at radius 1 is 0.380 bits per heavy atom. The zero-order chi connectivity index (χ0) is 49.6. The van der Waals surface area contributed by atoms with Crippen molar-refractivity contribution in [1.82, 2.24) is 19.5 Å². The number of rotatable bonds is 5. The van der Waals surface area contributed by atoms with Crippen molar-refractivity contribution in [2.45, 2.75) is 0 Å². The van der Waals surface area contributed by atoms with Gasteiger partial charge >= 0.3 is 0 Å². The van der Waals surface area contributed by atoms with Gasteiger partial charge in [0.05, 0.1) is 16.7 Å². The van der Waals surface area contributed by atoms with E-state index in [-0.39, 0.29) is 116 Å². The van der Waals surface area contributed by atoms with Crippen molar-refractivity contribution in [2.24, 2.45) is 0 Å². The zero-order valence-electron chi connectivity index (χ0n) is 37.4. The lowest BCUT2D eigenvalue weighted by atomic mass is 9.56. The summed E-state index contributed by atoms with van der Waals surface area (Å²) < 4.78 is 11.6. The van der Waals surface area contributed by atoms with Gasteiger partial charge in [-0.2, -0.15) is 0 Å². The lowest BCUT2D eigenvalue weighted by Gasteiger charge is -2.28. The maximum Gasteiger partial charge on any atom is 0.164 e. The fourth-order valence-corrected chi connectivity index (χ4v) is 11.1. The van der Waals surface area contributed by atoms with Crippen molar-refractivity contribution in [3.05, 3.63) is 97.1 Å². The van der Waals surface area contributed by atoms with Crippen LogP contribution in [0.4, 0.5) is 0 Å². The van der Waals surface area contributed by atoms with Crippen LogP contribution in [0.2, 0.25) is 0 Å². The third-order valence-corrected chi connectivity index (χ3v) is 14.8. The molecule has 71 heavy (non-hydrogen) atoms. The van der Waals surface area contributed by atoms with Gasteiger partial charge in [0, 0.05) is 58.4 Å². The molecule has 0 unspecified atom stereocenters. The molecule has 0 bridgehead atoms. The molecule has 20 heteroatoms. The Balaban J connectivity index is 1.07. The summed E-state index contributed by atoms with van der Waals surface area (Å²) in [6, 6.07) is 33.1.